The fourth-order valence-electron chi connectivity index (χ4n) is 3.96. The zero-order chi connectivity index (χ0) is 12.0. The molecule has 1 aromatic carbocycles. The molecule has 4 atom stereocenters. The molecule has 0 heterocycles. The summed E-state index contributed by atoms with van der Waals surface area (Å²) >= 11 is 0. The number of rotatable bonds is 1. The van der Waals surface area contributed by atoms with Crippen LogP contribution in [0.15, 0.2) is 36.9 Å². The van der Waals surface area contributed by atoms with Gasteiger partial charge in [0, 0.05) is 11.8 Å². The van der Waals surface area contributed by atoms with Gasteiger partial charge in [-0.1, -0.05) is 43.7 Å². The lowest BCUT2D eigenvalue weighted by Crippen LogP contribution is -2.38. The van der Waals surface area contributed by atoms with Gasteiger partial charge in [0.05, 0.1) is 5.60 Å². The Labute approximate surface area is 103 Å². The molecule has 1 heteroatoms. The molecule has 3 rings (SSSR count). The van der Waals surface area contributed by atoms with Crippen LogP contribution >= 0.6 is 0 Å². The van der Waals surface area contributed by atoms with Crippen LogP contribution in [0.25, 0.3) is 0 Å². The van der Waals surface area contributed by atoms with E-state index in [9.17, 15) is 5.11 Å². The van der Waals surface area contributed by atoms with Crippen molar-refractivity contribution < 1.29 is 5.11 Å². The van der Waals surface area contributed by atoms with Gasteiger partial charge in [-0.15, -0.1) is 6.58 Å². The van der Waals surface area contributed by atoms with Crippen molar-refractivity contribution in [3.63, 3.8) is 0 Å². The zero-order valence-corrected chi connectivity index (χ0v) is 10.4. The second kappa shape index (κ2) is 3.71. The molecule has 0 unspecified atom stereocenters. The minimum Gasteiger partial charge on any atom is -0.385 e. The summed E-state index contributed by atoms with van der Waals surface area (Å²) in [5.41, 5.74) is 1.85. The molecule has 17 heavy (non-hydrogen) atoms. The van der Waals surface area contributed by atoms with Crippen molar-refractivity contribution in [1.82, 2.24) is 0 Å². The third kappa shape index (κ3) is 1.42. The van der Waals surface area contributed by atoms with E-state index >= 15 is 0 Å². The molecule has 2 aliphatic rings. The summed E-state index contributed by atoms with van der Waals surface area (Å²) < 4.78 is 0. The third-order valence-corrected chi connectivity index (χ3v) is 4.72. The van der Waals surface area contributed by atoms with Crippen molar-refractivity contribution >= 4 is 0 Å². The molecule has 0 aliphatic heterocycles. The van der Waals surface area contributed by atoms with Crippen LogP contribution in [0.1, 0.15) is 43.2 Å². The van der Waals surface area contributed by atoms with Gasteiger partial charge in [-0.25, -0.2) is 0 Å². The van der Waals surface area contributed by atoms with Crippen LogP contribution in [0, 0.1) is 11.8 Å². The van der Waals surface area contributed by atoms with E-state index in [2.05, 4.69) is 31.7 Å². The van der Waals surface area contributed by atoms with Gasteiger partial charge in [-0.2, -0.15) is 0 Å². The van der Waals surface area contributed by atoms with E-state index in [1.54, 1.807) is 0 Å². The van der Waals surface area contributed by atoms with Crippen molar-refractivity contribution in [2.45, 2.75) is 37.7 Å². The van der Waals surface area contributed by atoms with E-state index in [4.69, 9.17) is 0 Å². The van der Waals surface area contributed by atoms with Crippen molar-refractivity contribution in [2.75, 3.05) is 0 Å². The van der Waals surface area contributed by atoms with Crippen LogP contribution in [0.3, 0.4) is 0 Å². The Bertz CT molecular complexity index is 451. The van der Waals surface area contributed by atoms with Crippen LogP contribution in [-0.4, -0.2) is 5.11 Å². The smallest absolute Gasteiger partial charge is 0.0938 e. The number of benzene rings is 1. The molecule has 1 saturated carbocycles. The molecule has 1 nitrogen and oxygen atoms in total. The SMILES string of the molecule is C=C[C@@H]1c2ccccc2[C@]2(O)C[C@@H](C)CC[C@H]12. The Balaban J connectivity index is 2.14. The lowest BCUT2D eigenvalue weighted by Gasteiger charge is -2.40. The molecule has 0 saturated heterocycles. The highest BCUT2D eigenvalue weighted by Crippen LogP contribution is 2.57. The molecule has 0 aromatic heterocycles. The highest BCUT2D eigenvalue weighted by Gasteiger charge is 2.52. The minimum absolute atomic E-state index is 0.337. The van der Waals surface area contributed by atoms with Gasteiger partial charge in [0.25, 0.3) is 0 Å². The molecular weight excluding hydrogens is 208 g/mol. The molecule has 1 fully saturated rings. The number of hydrogen-bond donors (Lipinski definition) is 1. The first-order valence-electron chi connectivity index (χ1n) is 6.61. The molecule has 0 spiro atoms. The van der Waals surface area contributed by atoms with Gasteiger partial charge < -0.3 is 5.11 Å². The molecule has 0 radical (unpaired) electrons. The fraction of sp³-hybridized carbons (Fsp3) is 0.500. The van der Waals surface area contributed by atoms with Gasteiger partial charge in [0.15, 0.2) is 0 Å². The van der Waals surface area contributed by atoms with E-state index in [0.29, 0.717) is 17.8 Å². The fourth-order valence-corrected chi connectivity index (χ4v) is 3.96. The van der Waals surface area contributed by atoms with Crippen molar-refractivity contribution in [1.29, 1.82) is 0 Å². The number of fused-ring (bicyclic) bond motifs is 3. The maximum absolute atomic E-state index is 11.1. The van der Waals surface area contributed by atoms with E-state index in [1.807, 2.05) is 12.1 Å². The molecule has 0 bridgehead atoms. The minimum atomic E-state index is -0.604. The standard InChI is InChI=1S/C16H20O/c1-3-12-13-6-4-5-7-14(13)16(17)10-11(2)8-9-15(12)16/h3-7,11-12,15,17H,1,8-10H2,2H3/t11-,12+,15+,16+/m0/s1. The summed E-state index contributed by atoms with van der Waals surface area (Å²) in [4.78, 5) is 0. The largest absolute Gasteiger partial charge is 0.385 e. The predicted octanol–water partition coefficient (Wildman–Crippen LogP) is 3.59. The van der Waals surface area contributed by atoms with Crippen LogP contribution in [0.5, 0.6) is 0 Å². The van der Waals surface area contributed by atoms with Crippen molar-refractivity contribution in [3.8, 4) is 0 Å². The van der Waals surface area contributed by atoms with E-state index in [-0.39, 0.29) is 0 Å². The summed E-state index contributed by atoms with van der Waals surface area (Å²) in [6.07, 6.45) is 5.27. The zero-order valence-electron chi connectivity index (χ0n) is 10.4. The average Bonchev–Trinajstić information content (AvgIpc) is 2.57. The Kier molecular flexibility index (Phi) is 2.41. The normalized spacial score (nSPS) is 39.5. The first-order chi connectivity index (χ1) is 8.16. The molecule has 90 valence electrons. The van der Waals surface area contributed by atoms with Gasteiger partial charge in [-0.3, -0.25) is 0 Å². The van der Waals surface area contributed by atoms with Crippen molar-refractivity contribution in [2.24, 2.45) is 11.8 Å². The van der Waals surface area contributed by atoms with E-state index in [0.717, 1.165) is 18.4 Å². The van der Waals surface area contributed by atoms with Gasteiger partial charge in [0.2, 0.25) is 0 Å². The summed E-state index contributed by atoms with van der Waals surface area (Å²) in [5, 5.41) is 11.1. The number of allylic oxidation sites excluding steroid dienone is 1. The Morgan fingerprint density at radius 2 is 2.12 bits per heavy atom. The van der Waals surface area contributed by atoms with Gasteiger partial charge >= 0.3 is 0 Å². The lowest BCUT2D eigenvalue weighted by atomic mass is 9.69. The maximum atomic E-state index is 11.1. The van der Waals surface area contributed by atoms with Crippen LogP contribution in [0.2, 0.25) is 0 Å². The van der Waals surface area contributed by atoms with Crippen LogP contribution in [-0.2, 0) is 5.60 Å². The number of hydrogen-bond acceptors (Lipinski definition) is 1. The Hall–Kier alpha value is -1.08. The average molecular weight is 228 g/mol. The summed E-state index contributed by atoms with van der Waals surface area (Å²) in [7, 11) is 0. The molecule has 2 aliphatic carbocycles. The first kappa shape index (κ1) is 11.0. The van der Waals surface area contributed by atoms with Crippen LogP contribution in [0.4, 0.5) is 0 Å². The van der Waals surface area contributed by atoms with Gasteiger partial charge in [-0.05, 0) is 29.9 Å². The predicted molar refractivity (Wildman–Crippen MR) is 69.8 cm³/mol. The second-order valence-electron chi connectivity index (χ2n) is 5.77. The van der Waals surface area contributed by atoms with Crippen molar-refractivity contribution in [3.05, 3.63) is 48.0 Å². The second-order valence-corrected chi connectivity index (χ2v) is 5.77. The first-order valence-corrected chi connectivity index (χ1v) is 6.61. The quantitative estimate of drug-likeness (QED) is 0.728. The maximum Gasteiger partial charge on any atom is 0.0938 e. The van der Waals surface area contributed by atoms with E-state index < -0.39 is 5.60 Å². The summed E-state index contributed by atoms with van der Waals surface area (Å²) in [6.45, 7) is 6.22. The highest BCUT2D eigenvalue weighted by atomic mass is 16.3. The molecule has 1 aromatic rings. The summed E-state index contributed by atoms with van der Waals surface area (Å²) in [5.74, 6) is 1.30. The Morgan fingerprint density at radius 3 is 2.88 bits per heavy atom. The highest BCUT2D eigenvalue weighted by molar-refractivity contribution is 5.44. The lowest BCUT2D eigenvalue weighted by molar-refractivity contribution is -0.0615. The van der Waals surface area contributed by atoms with Gasteiger partial charge in [0.1, 0.15) is 0 Å². The number of aliphatic hydroxyl groups is 1. The molecular formula is C16H20O. The molecule has 1 N–H and O–H groups in total. The molecule has 0 amide bonds. The summed E-state index contributed by atoms with van der Waals surface area (Å²) in [6, 6.07) is 8.37. The Morgan fingerprint density at radius 1 is 1.35 bits per heavy atom. The topological polar surface area (TPSA) is 20.2 Å². The van der Waals surface area contributed by atoms with E-state index in [1.165, 1.54) is 12.0 Å². The third-order valence-electron chi connectivity index (χ3n) is 4.72. The monoisotopic (exact) mass is 228 g/mol. The van der Waals surface area contributed by atoms with Crippen LogP contribution < -0.4 is 0 Å².